The molecule has 0 bridgehead atoms. The number of hydrogen-bond donors (Lipinski definition) is 0. The van der Waals surface area contributed by atoms with Crippen molar-refractivity contribution in [2.75, 3.05) is 45.3 Å². The SMILES string of the molecule is COc1ccc(-c2ccc(N3CCN(S(=O)(=O)c4ccccc4OC)CC3)nn2)cc1. The summed E-state index contributed by atoms with van der Waals surface area (Å²) in [6.07, 6.45) is 0. The Balaban J connectivity index is 1.43. The van der Waals surface area contributed by atoms with E-state index in [4.69, 9.17) is 9.47 Å². The highest BCUT2D eigenvalue weighted by Crippen LogP contribution is 2.28. The first-order valence-electron chi connectivity index (χ1n) is 9.89. The maximum Gasteiger partial charge on any atom is 0.246 e. The van der Waals surface area contributed by atoms with Crippen molar-refractivity contribution in [3.05, 3.63) is 60.7 Å². The van der Waals surface area contributed by atoms with Gasteiger partial charge in [-0.1, -0.05) is 12.1 Å². The normalized spacial score (nSPS) is 15.0. The van der Waals surface area contributed by atoms with Crippen molar-refractivity contribution in [2.45, 2.75) is 4.90 Å². The molecular formula is C22H24N4O4S. The Morgan fingerprint density at radius 2 is 1.52 bits per heavy atom. The Labute approximate surface area is 182 Å². The molecule has 2 aromatic carbocycles. The first kappa shape index (κ1) is 21.1. The number of para-hydroxylation sites is 1. The number of benzene rings is 2. The number of nitrogens with zero attached hydrogens (tertiary/aromatic N) is 4. The predicted molar refractivity (Wildman–Crippen MR) is 118 cm³/mol. The molecule has 1 aromatic heterocycles. The lowest BCUT2D eigenvalue weighted by molar-refractivity contribution is 0.373. The first-order valence-corrected chi connectivity index (χ1v) is 11.3. The number of sulfonamides is 1. The van der Waals surface area contributed by atoms with Gasteiger partial charge >= 0.3 is 0 Å². The second kappa shape index (κ2) is 8.91. The number of methoxy groups -OCH3 is 2. The van der Waals surface area contributed by atoms with Gasteiger partial charge in [0.2, 0.25) is 10.0 Å². The van der Waals surface area contributed by atoms with Gasteiger partial charge in [0, 0.05) is 31.7 Å². The highest BCUT2D eigenvalue weighted by molar-refractivity contribution is 7.89. The summed E-state index contributed by atoms with van der Waals surface area (Å²) in [5.74, 6) is 1.87. The number of aromatic nitrogens is 2. The summed E-state index contributed by atoms with van der Waals surface area (Å²) in [6, 6.07) is 18.1. The number of anilines is 1. The van der Waals surface area contributed by atoms with E-state index in [9.17, 15) is 8.42 Å². The lowest BCUT2D eigenvalue weighted by Gasteiger charge is -2.34. The van der Waals surface area contributed by atoms with Gasteiger partial charge < -0.3 is 14.4 Å². The molecule has 0 aliphatic carbocycles. The number of rotatable bonds is 6. The van der Waals surface area contributed by atoms with E-state index in [1.807, 2.05) is 41.3 Å². The van der Waals surface area contributed by atoms with Crippen LogP contribution in [-0.2, 0) is 10.0 Å². The van der Waals surface area contributed by atoms with Crippen LogP contribution in [0.5, 0.6) is 11.5 Å². The van der Waals surface area contributed by atoms with Gasteiger partial charge in [-0.3, -0.25) is 0 Å². The smallest absolute Gasteiger partial charge is 0.246 e. The third kappa shape index (κ3) is 4.33. The van der Waals surface area contributed by atoms with E-state index in [1.165, 1.54) is 11.4 Å². The Morgan fingerprint density at radius 1 is 0.806 bits per heavy atom. The van der Waals surface area contributed by atoms with Crippen LogP contribution in [-0.4, -0.2) is 63.3 Å². The van der Waals surface area contributed by atoms with Crippen LogP contribution >= 0.6 is 0 Å². The zero-order valence-electron chi connectivity index (χ0n) is 17.4. The van der Waals surface area contributed by atoms with E-state index in [-0.39, 0.29) is 4.90 Å². The second-order valence-corrected chi connectivity index (χ2v) is 8.95. The summed E-state index contributed by atoms with van der Waals surface area (Å²) >= 11 is 0. The molecule has 162 valence electrons. The molecule has 2 heterocycles. The van der Waals surface area contributed by atoms with Crippen molar-refractivity contribution in [1.82, 2.24) is 14.5 Å². The minimum absolute atomic E-state index is 0.189. The average Bonchev–Trinajstić information content (AvgIpc) is 2.84. The fourth-order valence-corrected chi connectivity index (χ4v) is 5.12. The molecule has 8 nitrogen and oxygen atoms in total. The molecule has 1 aliphatic rings. The third-order valence-corrected chi connectivity index (χ3v) is 7.22. The van der Waals surface area contributed by atoms with Crippen molar-refractivity contribution < 1.29 is 17.9 Å². The van der Waals surface area contributed by atoms with Crippen LogP contribution in [0.25, 0.3) is 11.3 Å². The van der Waals surface area contributed by atoms with Crippen molar-refractivity contribution in [3.8, 4) is 22.8 Å². The standard InChI is InChI=1S/C22H24N4O4S/c1-29-18-9-7-17(8-10-18)19-11-12-22(24-23-19)25-13-15-26(16-14-25)31(27,28)21-6-4-3-5-20(21)30-2/h3-12H,13-16H2,1-2H3. The molecule has 1 aliphatic heterocycles. The molecule has 9 heteroatoms. The van der Waals surface area contributed by atoms with E-state index >= 15 is 0 Å². The van der Waals surface area contributed by atoms with Gasteiger partial charge in [-0.2, -0.15) is 4.31 Å². The summed E-state index contributed by atoms with van der Waals surface area (Å²) in [5.41, 5.74) is 1.72. The van der Waals surface area contributed by atoms with Gasteiger partial charge in [-0.05, 0) is 48.5 Å². The van der Waals surface area contributed by atoms with Crippen molar-refractivity contribution in [3.63, 3.8) is 0 Å². The summed E-state index contributed by atoms with van der Waals surface area (Å²) in [4.78, 5) is 2.23. The van der Waals surface area contributed by atoms with Gasteiger partial charge in [0.25, 0.3) is 0 Å². The van der Waals surface area contributed by atoms with Gasteiger partial charge in [-0.25, -0.2) is 8.42 Å². The number of piperazine rings is 1. The molecule has 0 unspecified atom stereocenters. The molecule has 0 spiro atoms. The van der Waals surface area contributed by atoms with Crippen molar-refractivity contribution in [2.24, 2.45) is 0 Å². The number of ether oxygens (including phenoxy) is 2. The van der Waals surface area contributed by atoms with E-state index in [0.717, 1.165) is 22.8 Å². The average molecular weight is 441 g/mol. The van der Waals surface area contributed by atoms with Crippen LogP contribution in [0.15, 0.2) is 65.6 Å². The van der Waals surface area contributed by atoms with Gasteiger partial charge in [0.1, 0.15) is 16.4 Å². The molecule has 4 rings (SSSR count). The summed E-state index contributed by atoms with van der Waals surface area (Å²) in [5, 5.41) is 8.69. The van der Waals surface area contributed by atoms with Crippen LogP contribution in [0.3, 0.4) is 0 Å². The summed E-state index contributed by atoms with van der Waals surface area (Å²) < 4.78 is 38.0. The zero-order chi connectivity index (χ0) is 21.8. The maximum absolute atomic E-state index is 13.0. The molecule has 1 saturated heterocycles. The largest absolute Gasteiger partial charge is 0.497 e. The molecule has 0 atom stereocenters. The second-order valence-electron chi connectivity index (χ2n) is 7.05. The van der Waals surface area contributed by atoms with Crippen LogP contribution in [0.2, 0.25) is 0 Å². The monoisotopic (exact) mass is 440 g/mol. The van der Waals surface area contributed by atoms with E-state index in [2.05, 4.69) is 10.2 Å². The molecule has 0 radical (unpaired) electrons. The maximum atomic E-state index is 13.0. The lowest BCUT2D eigenvalue weighted by atomic mass is 10.1. The Hall–Kier alpha value is -3.17. The Morgan fingerprint density at radius 3 is 2.13 bits per heavy atom. The van der Waals surface area contributed by atoms with Crippen LogP contribution < -0.4 is 14.4 Å². The van der Waals surface area contributed by atoms with Crippen LogP contribution in [0.1, 0.15) is 0 Å². The minimum Gasteiger partial charge on any atom is -0.497 e. The van der Waals surface area contributed by atoms with Crippen LogP contribution in [0.4, 0.5) is 5.82 Å². The van der Waals surface area contributed by atoms with Crippen molar-refractivity contribution in [1.29, 1.82) is 0 Å². The van der Waals surface area contributed by atoms with Gasteiger partial charge in [0.05, 0.1) is 19.9 Å². The van der Waals surface area contributed by atoms with Crippen LogP contribution in [0, 0.1) is 0 Å². The lowest BCUT2D eigenvalue weighted by Crippen LogP contribution is -2.49. The Bertz CT molecular complexity index is 1130. The van der Waals surface area contributed by atoms with E-state index in [0.29, 0.717) is 31.9 Å². The minimum atomic E-state index is -3.62. The zero-order valence-corrected chi connectivity index (χ0v) is 18.2. The van der Waals surface area contributed by atoms with E-state index < -0.39 is 10.0 Å². The van der Waals surface area contributed by atoms with E-state index in [1.54, 1.807) is 31.4 Å². The predicted octanol–water partition coefficient (Wildman–Crippen LogP) is 2.67. The topological polar surface area (TPSA) is 84.9 Å². The molecule has 0 amide bonds. The fourth-order valence-electron chi connectivity index (χ4n) is 3.54. The van der Waals surface area contributed by atoms with Gasteiger partial charge in [-0.15, -0.1) is 10.2 Å². The van der Waals surface area contributed by atoms with Crippen molar-refractivity contribution >= 4 is 15.8 Å². The highest BCUT2D eigenvalue weighted by atomic mass is 32.2. The fraction of sp³-hybridized carbons (Fsp3) is 0.273. The molecule has 31 heavy (non-hydrogen) atoms. The molecule has 0 saturated carbocycles. The third-order valence-electron chi connectivity index (χ3n) is 5.29. The highest BCUT2D eigenvalue weighted by Gasteiger charge is 2.31. The summed E-state index contributed by atoms with van der Waals surface area (Å²) in [7, 11) is -0.521. The molecular weight excluding hydrogens is 416 g/mol. The quantitative estimate of drug-likeness (QED) is 0.583. The molecule has 1 fully saturated rings. The molecule has 0 N–H and O–H groups in total. The molecule has 3 aromatic rings. The summed E-state index contributed by atoms with van der Waals surface area (Å²) in [6.45, 7) is 1.79. The van der Waals surface area contributed by atoms with Gasteiger partial charge in [0.15, 0.2) is 5.82 Å². The Kier molecular flexibility index (Phi) is 6.06. The number of hydrogen-bond acceptors (Lipinski definition) is 7. The first-order chi connectivity index (χ1) is 15.0.